The van der Waals surface area contributed by atoms with Crippen molar-refractivity contribution >= 4 is 54.8 Å². The van der Waals surface area contributed by atoms with Crippen LogP contribution in [0.1, 0.15) is 63.4 Å². The molecule has 2 aromatic heterocycles. The van der Waals surface area contributed by atoms with Crippen molar-refractivity contribution in [3.63, 3.8) is 0 Å². The molecule has 7 rings (SSSR count). The minimum Gasteiger partial charge on any atom is -0.352 e. The molecule has 0 saturated carbocycles. The fourth-order valence-electron chi connectivity index (χ4n) is 5.88. The number of ketones is 2. The number of aromatic nitrogens is 2. The SMILES string of the molecule is [C-]#[N+]c1ccc2[nH]c3c(c2c1)CCCC3=O.[C-]#[N+]c1ccc2c(c1)c1c(n2S(=O)(=O)c2ccc(C)cc2)C(=O)CCC1. The zero-order valence-electron chi connectivity index (χ0n) is 22.9. The van der Waals surface area contributed by atoms with E-state index in [0.29, 0.717) is 48.0 Å². The maximum absolute atomic E-state index is 13.3. The Morgan fingerprint density at radius 3 is 2.07 bits per heavy atom. The summed E-state index contributed by atoms with van der Waals surface area (Å²) in [6.07, 6.45) is 4.15. The van der Waals surface area contributed by atoms with Crippen LogP contribution in [0.2, 0.25) is 0 Å². The zero-order valence-corrected chi connectivity index (χ0v) is 23.7. The minimum atomic E-state index is -3.91. The molecule has 2 heterocycles. The highest BCUT2D eigenvalue weighted by Crippen LogP contribution is 2.37. The molecule has 0 unspecified atom stereocenters. The van der Waals surface area contributed by atoms with Gasteiger partial charge in [0, 0.05) is 18.4 Å². The molecule has 2 aliphatic carbocycles. The average Bonchev–Trinajstić information content (AvgIpc) is 3.55. The smallest absolute Gasteiger partial charge is 0.268 e. The van der Waals surface area contributed by atoms with Gasteiger partial charge < -0.3 is 4.98 Å². The molecule has 5 aromatic rings. The summed E-state index contributed by atoms with van der Waals surface area (Å²) in [6, 6.07) is 17.0. The van der Waals surface area contributed by atoms with Crippen LogP contribution in [0.15, 0.2) is 65.6 Å². The molecule has 0 bridgehead atoms. The van der Waals surface area contributed by atoms with Gasteiger partial charge in [-0.25, -0.2) is 22.1 Å². The first-order valence-corrected chi connectivity index (χ1v) is 15.1. The topological polar surface area (TPSA) is 97.7 Å². The van der Waals surface area contributed by atoms with E-state index in [9.17, 15) is 18.0 Å². The molecule has 0 aliphatic heterocycles. The first kappa shape index (κ1) is 27.2. The molecule has 0 atom stereocenters. The Balaban J connectivity index is 0.000000168. The molecule has 2 aliphatic rings. The number of H-pyrrole nitrogens is 1. The molecule has 9 heteroatoms. The summed E-state index contributed by atoms with van der Waals surface area (Å²) in [7, 11) is -3.91. The fourth-order valence-corrected chi connectivity index (χ4v) is 7.44. The fraction of sp³-hybridized carbons (Fsp3) is 0.212. The number of nitrogens with one attached hydrogen (secondary N) is 1. The van der Waals surface area contributed by atoms with Crippen molar-refractivity contribution in [3.05, 3.63) is 112 Å². The van der Waals surface area contributed by atoms with Crippen LogP contribution in [-0.2, 0) is 22.9 Å². The zero-order chi connectivity index (χ0) is 29.6. The van der Waals surface area contributed by atoms with Crippen molar-refractivity contribution < 1.29 is 18.0 Å². The number of aromatic amines is 1. The predicted molar refractivity (Wildman–Crippen MR) is 161 cm³/mol. The predicted octanol–water partition coefficient (Wildman–Crippen LogP) is 7.49. The van der Waals surface area contributed by atoms with Gasteiger partial charge in [0.25, 0.3) is 10.0 Å². The number of nitrogens with zero attached hydrogens (tertiary/aromatic N) is 3. The Hall–Kier alpha value is -4.99. The van der Waals surface area contributed by atoms with Gasteiger partial charge in [-0.2, -0.15) is 0 Å². The van der Waals surface area contributed by atoms with E-state index in [-0.39, 0.29) is 22.2 Å². The second kappa shape index (κ2) is 10.4. The summed E-state index contributed by atoms with van der Waals surface area (Å²) in [5.41, 5.74) is 6.27. The molecule has 8 nitrogen and oxygen atoms in total. The van der Waals surface area contributed by atoms with Gasteiger partial charge >= 0.3 is 0 Å². The molecule has 3 aromatic carbocycles. The van der Waals surface area contributed by atoms with Gasteiger partial charge in [-0.3, -0.25) is 9.59 Å². The number of aryl methyl sites for hydroxylation is 3. The van der Waals surface area contributed by atoms with Gasteiger partial charge in [0.2, 0.25) is 0 Å². The summed E-state index contributed by atoms with van der Waals surface area (Å²) in [5, 5.41) is 1.72. The van der Waals surface area contributed by atoms with Gasteiger partial charge in [0.15, 0.2) is 22.9 Å². The number of carbonyl (C=O) groups is 2. The van der Waals surface area contributed by atoms with E-state index >= 15 is 0 Å². The van der Waals surface area contributed by atoms with Crippen LogP contribution in [0.5, 0.6) is 0 Å². The highest BCUT2D eigenvalue weighted by atomic mass is 32.2. The Morgan fingerprint density at radius 2 is 1.38 bits per heavy atom. The Morgan fingerprint density at radius 1 is 0.762 bits per heavy atom. The summed E-state index contributed by atoms with van der Waals surface area (Å²) >= 11 is 0. The summed E-state index contributed by atoms with van der Waals surface area (Å²) < 4.78 is 27.9. The van der Waals surface area contributed by atoms with Crippen LogP contribution in [-0.4, -0.2) is 28.9 Å². The largest absolute Gasteiger partial charge is 0.352 e. The molecule has 208 valence electrons. The molecule has 0 saturated heterocycles. The van der Waals surface area contributed by atoms with Crippen molar-refractivity contribution in [1.82, 2.24) is 8.96 Å². The van der Waals surface area contributed by atoms with Crippen LogP contribution >= 0.6 is 0 Å². The Bertz CT molecular complexity index is 2120. The van der Waals surface area contributed by atoms with Crippen LogP contribution in [0, 0.1) is 20.1 Å². The van der Waals surface area contributed by atoms with E-state index in [1.54, 1.807) is 48.5 Å². The van der Waals surface area contributed by atoms with E-state index in [0.717, 1.165) is 46.1 Å². The molecule has 1 N–H and O–H groups in total. The molecular formula is C33H26N4O4S. The number of rotatable bonds is 2. The number of Topliss-reactive ketones (excluding diaryl/α,β-unsaturated/α-hetero) is 2. The molecule has 42 heavy (non-hydrogen) atoms. The summed E-state index contributed by atoms with van der Waals surface area (Å²) in [6.45, 7) is 16.1. The van der Waals surface area contributed by atoms with Crippen molar-refractivity contribution in [2.75, 3.05) is 0 Å². The summed E-state index contributed by atoms with van der Waals surface area (Å²) in [4.78, 5) is 34.5. The highest BCUT2D eigenvalue weighted by Gasteiger charge is 2.32. The lowest BCUT2D eigenvalue weighted by Crippen LogP contribution is -2.21. The highest BCUT2D eigenvalue weighted by molar-refractivity contribution is 7.90. The Kier molecular flexibility index (Phi) is 6.76. The molecule has 0 amide bonds. The number of hydrogen-bond acceptors (Lipinski definition) is 4. The van der Waals surface area contributed by atoms with Gasteiger partial charge in [-0.1, -0.05) is 29.8 Å². The monoisotopic (exact) mass is 574 g/mol. The van der Waals surface area contributed by atoms with Gasteiger partial charge in [0.1, 0.15) is 5.69 Å². The van der Waals surface area contributed by atoms with Crippen LogP contribution < -0.4 is 0 Å². The second-order valence-corrected chi connectivity index (χ2v) is 12.4. The third kappa shape index (κ3) is 4.49. The Labute approximate surface area is 243 Å². The standard InChI is InChI=1S/C20H16N2O3S.C13H10N2O/c1-13-6-9-15(10-7-13)26(24,25)22-18-11-8-14(21-2)12-17(18)16-4-3-5-19(23)20(16)22;1-14-8-5-6-11-10(7-8)9-3-2-4-12(16)13(9)15-11/h6-12H,3-5H2,1H3;5-7,15H,2-4H2. The summed E-state index contributed by atoms with van der Waals surface area (Å²) in [5.74, 6) is 0.0318. The van der Waals surface area contributed by atoms with Gasteiger partial charge in [-0.05, 0) is 90.9 Å². The van der Waals surface area contributed by atoms with Crippen LogP contribution in [0.3, 0.4) is 0 Å². The third-order valence-corrected chi connectivity index (χ3v) is 9.65. The lowest BCUT2D eigenvalue weighted by molar-refractivity contribution is 0.0960. The van der Waals surface area contributed by atoms with E-state index < -0.39 is 10.0 Å². The lowest BCUT2D eigenvalue weighted by atomic mass is 9.94. The number of carbonyl (C=O) groups excluding carboxylic acids is 2. The average molecular weight is 575 g/mol. The number of benzene rings is 3. The van der Waals surface area contributed by atoms with E-state index in [1.807, 2.05) is 19.1 Å². The van der Waals surface area contributed by atoms with Crippen molar-refractivity contribution in [1.29, 1.82) is 0 Å². The van der Waals surface area contributed by atoms with Gasteiger partial charge in [0.05, 0.1) is 29.3 Å². The quantitative estimate of drug-likeness (QED) is 0.221. The maximum atomic E-state index is 13.3. The van der Waals surface area contributed by atoms with Gasteiger partial charge in [-0.15, -0.1) is 0 Å². The molecular weight excluding hydrogens is 548 g/mol. The molecule has 0 radical (unpaired) electrons. The van der Waals surface area contributed by atoms with E-state index in [4.69, 9.17) is 13.1 Å². The number of hydrogen-bond donors (Lipinski definition) is 1. The molecule has 0 fully saturated rings. The second-order valence-electron chi connectivity index (χ2n) is 10.6. The van der Waals surface area contributed by atoms with Crippen molar-refractivity contribution in [3.8, 4) is 0 Å². The number of fused-ring (bicyclic) bond motifs is 6. The lowest BCUT2D eigenvalue weighted by Gasteiger charge is -2.15. The third-order valence-electron chi connectivity index (χ3n) is 7.92. The first-order valence-electron chi connectivity index (χ1n) is 13.7. The first-order chi connectivity index (χ1) is 20.2. The molecule has 0 spiro atoms. The van der Waals surface area contributed by atoms with Crippen LogP contribution in [0.4, 0.5) is 11.4 Å². The van der Waals surface area contributed by atoms with Crippen molar-refractivity contribution in [2.24, 2.45) is 0 Å². The van der Waals surface area contributed by atoms with Crippen LogP contribution in [0.25, 0.3) is 31.5 Å². The van der Waals surface area contributed by atoms with E-state index in [2.05, 4.69) is 14.7 Å². The minimum absolute atomic E-state index is 0.149. The normalized spacial score (nSPS) is 14.5. The van der Waals surface area contributed by atoms with Crippen molar-refractivity contribution in [2.45, 2.75) is 50.3 Å². The maximum Gasteiger partial charge on any atom is 0.268 e. The van der Waals surface area contributed by atoms with E-state index in [1.165, 1.54) is 3.97 Å².